The molecule has 4 nitrogen and oxygen atoms in total. The van der Waals surface area contributed by atoms with Crippen LogP contribution in [-0.4, -0.2) is 16.6 Å². The number of aromatic nitrogens is 1. The van der Waals surface area contributed by atoms with Crippen LogP contribution in [0.25, 0.3) is 0 Å². The molecule has 2 rings (SSSR count). The van der Waals surface area contributed by atoms with Crippen LogP contribution < -0.4 is 11.1 Å². The van der Waals surface area contributed by atoms with Crippen LogP contribution in [0.15, 0.2) is 16.3 Å². The van der Waals surface area contributed by atoms with Crippen molar-refractivity contribution in [2.45, 2.75) is 11.1 Å². The van der Waals surface area contributed by atoms with E-state index in [1.54, 1.807) is 0 Å². The third-order valence-corrected chi connectivity index (χ3v) is 5.77. The number of anilines is 2. The Bertz CT molecular complexity index is 691. The first kappa shape index (κ1) is 16.7. The van der Waals surface area contributed by atoms with Gasteiger partial charge in [0.15, 0.2) is 5.13 Å². The largest absolute Gasteiger partial charge is 0.375 e. The van der Waals surface area contributed by atoms with Gasteiger partial charge in [-0.3, -0.25) is 4.79 Å². The number of nitrogens with one attached hydrogen (secondary N) is 1. The molecule has 1 aromatic carbocycles. The molecule has 0 fully saturated rings. The molecular weight excluding hydrogens is 373 g/mol. The van der Waals surface area contributed by atoms with Crippen LogP contribution in [0.1, 0.15) is 5.69 Å². The lowest BCUT2D eigenvalue weighted by Gasteiger charge is -2.08. The van der Waals surface area contributed by atoms with Crippen molar-refractivity contribution >= 4 is 74.6 Å². The summed E-state index contributed by atoms with van der Waals surface area (Å²) >= 11 is 20.5. The van der Waals surface area contributed by atoms with Gasteiger partial charge in [-0.25, -0.2) is 4.98 Å². The third kappa shape index (κ3) is 4.40. The fourth-order valence-corrected chi connectivity index (χ4v) is 3.89. The maximum absolute atomic E-state index is 11.9. The molecule has 0 aliphatic heterocycles. The summed E-state index contributed by atoms with van der Waals surface area (Å²) in [5.74, 6) is 0.0191. The number of benzene rings is 1. The van der Waals surface area contributed by atoms with E-state index in [0.29, 0.717) is 25.9 Å². The van der Waals surface area contributed by atoms with E-state index in [4.69, 9.17) is 40.5 Å². The van der Waals surface area contributed by atoms with E-state index < -0.39 is 0 Å². The van der Waals surface area contributed by atoms with Gasteiger partial charge >= 0.3 is 0 Å². The molecule has 2 aromatic rings. The first-order chi connectivity index (χ1) is 9.86. The highest BCUT2D eigenvalue weighted by Crippen LogP contribution is 2.33. The first-order valence-electron chi connectivity index (χ1n) is 5.67. The Morgan fingerprint density at radius 1 is 1.33 bits per heavy atom. The number of nitrogens with zero attached hydrogens (tertiary/aromatic N) is 1. The number of halogens is 3. The van der Waals surface area contributed by atoms with Crippen LogP contribution in [0.2, 0.25) is 15.1 Å². The molecule has 0 aliphatic carbocycles. The molecule has 1 amide bonds. The number of hydrogen-bond donors (Lipinski definition) is 2. The lowest BCUT2D eigenvalue weighted by atomic mass is 10.3. The summed E-state index contributed by atoms with van der Waals surface area (Å²) in [6.45, 7) is 1.85. The van der Waals surface area contributed by atoms with Gasteiger partial charge < -0.3 is 11.1 Å². The molecule has 0 saturated heterocycles. The Hall–Kier alpha value is -0.660. The lowest BCUT2D eigenvalue weighted by Crippen LogP contribution is -2.14. The van der Waals surface area contributed by atoms with E-state index in [-0.39, 0.29) is 11.7 Å². The second-order valence-corrected chi connectivity index (χ2v) is 7.50. The van der Waals surface area contributed by atoms with Crippen LogP contribution in [0, 0.1) is 6.92 Å². The van der Waals surface area contributed by atoms with Gasteiger partial charge in [0.1, 0.15) is 0 Å². The maximum atomic E-state index is 11.9. The van der Waals surface area contributed by atoms with E-state index in [1.807, 2.05) is 6.92 Å². The molecule has 0 unspecified atom stereocenters. The van der Waals surface area contributed by atoms with Gasteiger partial charge in [-0.15, -0.1) is 11.8 Å². The number of rotatable bonds is 4. The number of carbonyl (C=O) groups excluding carboxylic acids is 1. The predicted molar refractivity (Wildman–Crippen MR) is 92.1 cm³/mol. The molecule has 112 valence electrons. The van der Waals surface area contributed by atoms with E-state index in [1.165, 1.54) is 35.2 Å². The highest BCUT2D eigenvalue weighted by molar-refractivity contribution is 8.01. The highest BCUT2D eigenvalue weighted by Gasteiger charge is 2.12. The zero-order chi connectivity index (χ0) is 15.6. The van der Waals surface area contributed by atoms with Crippen molar-refractivity contribution in [2.24, 2.45) is 0 Å². The van der Waals surface area contributed by atoms with Crippen LogP contribution in [0.5, 0.6) is 0 Å². The Balaban J connectivity index is 1.99. The second kappa shape index (κ2) is 7.07. The second-order valence-electron chi connectivity index (χ2n) is 4.01. The SMILES string of the molecule is Cc1nc(N)sc1SCC(=O)Nc1cc(Cl)c(Cl)cc1Cl. The summed E-state index contributed by atoms with van der Waals surface area (Å²) in [5, 5.41) is 4.18. The van der Waals surface area contributed by atoms with Gasteiger partial charge in [0.05, 0.1) is 36.4 Å². The van der Waals surface area contributed by atoms with Gasteiger partial charge in [-0.05, 0) is 19.1 Å². The van der Waals surface area contributed by atoms with Crippen molar-refractivity contribution < 1.29 is 4.79 Å². The van der Waals surface area contributed by atoms with Crippen molar-refractivity contribution in [1.82, 2.24) is 4.98 Å². The topological polar surface area (TPSA) is 68.0 Å². The molecule has 0 saturated carbocycles. The molecule has 1 aromatic heterocycles. The molecule has 1 heterocycles. The third-order valence-electron chi connectivity index (χ3n) is 2.39. The van der Waals surface area contributed by atoms with Crippen molar-refractivity contribution in [3.8, 4) is 0 Å². The van der Waals surface area contributed by atoms with Crippen molar-refractivity contribution in [1.29, 1.82) is 0 Å². The van der Waals surface area contributed by atoms with E-state index in [0.717, 1.165) is 9.90 Å². The monoisotopic (exact) mass is 381 g/mol. The number of amides is 1. The minimum atomic E-state index is -0.202. The van der Waals surface area contributed by atoms with E-state index >= 15 is 0 Å². The number of nitrogen functional groups attached to an aromatic ring is 1. The van der Waals surface area contributed by atoms with E-state index in [2.05, 4.69) is 10.3 Å². The van der Waals surface area contributed by atoms with Crippen LogP contribution in [0.4, 0.5) is 10.8 Å². The molecule has 0 radical (unpaired) electrons. The summed E-state index contributed by atoms with van der Waals surface area (Å²) in [6.07, 6.45) is 0. The summed E-state index contributed by atoms with van der Waals surface area (Å²) in [5.41, 5.74) is 6.86. The van der Waals surface area contributed by atoms with Crippen molar-refractivity contribution in [3.05, 3.63) is 32.9 Å². The average molecular weight is 383 g/mol. The lowest BCUT2D eigenvalue weighted by molar-refractivity contribution is -0.113. The summed E-state index contributed by atoms with van der Waals surface area (Å²) < 4.78 is 0.919. The predicted octanol–water partition coefficient (Wildman–Crippen LogP) is 4.72. The fourth-order valence-electron chi connectivity index (χ4n) is 1.47. The van der Waals surface area contributed by atoms with Crippen LogP contribution in [0.3, 0.4) is 0 Å². The molecule has 0 bridgehead atoms. The maximum Gasteiger partial charge on any atom is 0.234 e. The minimum Gasteiger partial charge on any atom is -0.375 e. The van der Waals surface area contributed by atoms with Crippen molar-refractivity contribution in [3.63, 3.8) is 0 Å². The molecule has 21 heavy (non-hydrogen) atoms. The Morgan fingerprint density at radius 2 is 2.00 bits per heavy atom. The molecular formula is C12H10Cl3N3OS2. The molecule has 9 heteroatoms. The van der Waals surface area contributed by atoms with Crippen molar-refractivity contribution in [2.75, 3.05) is 16.8 Å². The summed E-state index contributed by atoms with van der Waals surface area (Å²) in [6, 6.07) is 3.01. The summed E-state index contributed by atoms with van der Waals surface area (Å²) in [4.78, 5) is 16.0. The number of carbonyl (C=O) groups is 1. The van der Waals surface area contributed by atoms with Gasteiger partial charge in [0.2, 0.25) is 5.91 Å². The summed E-state index contributed by atoms with van der Waals surface area (Å²) in [7, 11) is 0. The standard InChI is InChI=1S/C12H10Cl3N3OS2/c1-5-11(21-12(16)17-5)20-4-10(19)18-9-3-7(14)6(13)2-8(9)15/h2-3H,4H2,1H3,(H2,16,17)(H,18,19). The normalized spacial score (nSPS) is 10.7. The Labute approximate surface area is 145 Å². The minimum absolute atomic E-state index is 0.202. The molecule has 0 atom stereocenters. The zero-order valence-electron chi connectivity index (χ0n) is 10.7. The molecule has 3 N–H and O–H groups in total. The van der Waals surface area contributed by atoms with Gasteiger partial charge in [-0.2, -0.15) is 0 Å². The average Bonchev–Trinajstić information content (AvgIpc) is 2.72. The van der Waals surface area contributed by atoms with Gasteiger partial charge in [0, 0.05) is 0 Å². The fraction of sp³-hybridized carbons (Fsp3) is 0.167. The number of thiazole rings is 1. The number of nitrogens with two attached hydrogens (primary N) is 1. The first-order valence-corrected chi connectivity index (χ1v) is 8.60. The smallest absolute Gasteiger partial charge is 0.234 e. The van der Waals surface area contributed by atoms with Gasteiger partial charge in [0.25, 0.3) is 0 Å². The Kier molecular flexibility index (Phi) is 5.62. The quantitative estimate of drug-likeness (QED) is 0.593. The molecule has 0 spiro atoms. The van der Waals surface area contributed by atoms with Crippen LogP contribution in [-0.2, 0) is 4.79 Å². The zero-order valence-corrected chi connectivity index (χ0v) is 14.6. The number of aryl methyl sites for hydroxylation is 1. The van der Waals surface area contributed by atoms with E-state index in [9.17, 15) is 4.79 Å². The number of hydrogen-bond acceptors (Lipinski definition) is 5. The van der Waals surface area contributed by atoms with Crippen LogP contribution >= 0.6 is 57.9 Å². The highest BCUT2D eigenvalue weighted by atomic mass is 35.5. The van der Waals surface area contributed by atoms with Gasteiger partial charge in [-0.1, -0.05) is 46.1 Å². The molecule has 0 aliphatic rings. The Morgan fingerprint density at radius 3 is 2.62 bits per heavy atom. The number of thioether (sulfide) groups is 1.